The van der Waals surface area contributed by atoms with Gasteiger partial charge in [-0.25, -0.2) is 0 Å². The molecule has 0 saturated heterocycles. The van der Waals surface area contributed by atoms with E-state index in [0.29, 0.717) is 18.7 Å². The molecule has 0 radical (unpaired) electrons. The van der Waals surface area contributed by atoms with E-state index >= 15 is 0 Å². The summed E-state index contributed by atoms with van der Waals surface area (Å²) in [7, 11) is 1.47. The number of anilines is 1. The average Bonchev–Trinajstić information content (AvgIpc) is 3.19. The molecule has 0 aliphatic heterocycles. The summed E-state index contributed by atoms with van der Waals surface area (Å²) >= 11 is 0. The van der Waals surface area contributed by atoms with Gasteiger partial charge in [-0.15, -0.1) is 0 Å². The highest BCUT2D eigenvalue weighted by Gasteiger charge is 2.28. The zero-order valence-corrected chi connectivity index (χ0v) is 15.0. The Bertz CT molecular complexity index is 839. The summed E-state index contributed by atoms with van der Waals surface area (Å²) in [6.45, 7) is 5.79. The molecule has 11 nitrogen and oxygen atoms in total. The number of hydrogen-bond donors (Lipinski definition) is 2. The smallest absolute Gasteiger partial charge is 0.358 e. The lowest BCUT2D eigenvalue weighted by Gasteiger charge is -2.14. The summed E-state index contributed by atoms with van der Waals surface area (Å²) in [5.74, 6) is -1.18. The third-order valence-corrected chi connectivity index (χ3v) is 3.87. The van der Waals surface area contributed by atoms with Crippen molar-refractivity contribution >= 4 is 23.3 Å². The fraction of sp³-hybridized carbons (Fsp3) is 0.467. The van der Waals surface area contributed by atoms with E-state index in [1.54, 1.807) is 20.0 Å². The summed E-state index contributed by atoms with van der Waals surface area (Å²) in [4.78, 5) is 35.0. The fourth-order valence-electron chi connectivity index (χ4n) is 2.52. The monoisotopic (exact) mass is 363 g/mol. The molecule has 0 saturated carbocycles. The summed E-state index contributed by atoms with van der Waals surface area (Å²) in [5, 5.41) is 24.1. The van der Waals surface area contributed by atoms with Gasteiger partial charge in [0.25, 0.3) is 11.8 Å². The van der Waals surface area contributed by atoms with Crippen LogP contribution in [0.15, 0.2) is 12.3 Å². The number of aryl methyl sites for hydroxylation is 2. The Balaban J connectivity index is 2.32. The Kier molecular flexibility index (Phi) is 5.70. The first-order valence-electron chi connectivity index (χ1n) is 8.13. The molecule has 140 valence electrons. The van der Waals surface area contributed by atoms with Gasteiger partial charge in [0.1, 0.15) is 0 Å². The molecule has 0 spiro atoms. The van der Waals surface area contributed by atoms with Crippen molar-refractivity contribution < 1.29 is 14.5 Å². The van der Waals surface area contributed by atoms with E-state index in [1.807, 2.05) is 6.92 Å². The van der Waals surface area contributed by atoms with Crippen LogP contribution in [0.3, 0.4) is 0 Å². The van der Waals surface area contributed by atoms with E-state index in [4.69, 9.17) is 0 Å². The first-order chi connectivity index (χ1) is 12.3. The van der Waals surface area contributed by atoms with Gasteiger partial charge in [0, 0.05) is 19.8 Å². The van der Waals surface area contributed by atoms with Crippen LogP contribution in [0.5, 0.6) is 0 Å². The molecule has 2 aromatic rings. The van der Waals surface area contributed by atoms with Gasteiger partial charge in [0.15, 0.2) is 11.7 Å². The van der Waals surface area contributed by atoms with Crippen LogP contribution < -0.4 is 10.6 Å². The van der Waals surface area contributed by atoms with Crippen molar-refractivity contribution in [2.24, 2.45) is 0 Å². The molecular weight excluding hydrogens is 342 g/mol. The van der Waals surface area contributed by atoms with E-state index in [-0.39, 0.29) is 17.2 Å². The van der Waals surface area contributed by atoms with Crippen LogP contribution in [0.2, 0.25) is 0 Å². The topological polar surface area (TPSA) is 137 Å². The van der Waals surface area contributed by atoms with Crippen LogP contribution in [0.4, 0.5) is 11.5 Å². The van der Waals surface area contributed by atoms with Crippen molar-refractivity contribution in [1.82, 2.24) is 24.9 Å². The minimum absolute atomic E-state index is 0.0979. The first-order valence-corrected chi connectivity index (χ1v) is 8.13. The molecule has 0 aromatic carbocycles. The summed E-state index contributed by atoms with van der Waals surface area (Å²) in [5.41, 5.74) is 0.865. The molecular formula is C15H21N7O4. The second kappa shape index (κ2) is 7.76. The van der Waals surface area contributed by atoms with Crippen molar-refractivity contribution in [3.05, 3.63) is 33.8 Å². The number of nitro groups is 1. The van der Waals surface area contributed by atoms with Gasteiger partial charge in [-0.2, -0.15) is 9.78 Å². The highest BCUT2D eigenvalue weighted by atomic mass is 16.6. The van der Waals surface area contributed by atoms with Crippen molar-refractivity contribution in [2.45, 2.75) is 39.8 Å². The lowest BCUT2D eigenvalue weighted by molar-refractivity contribution is -0.389. The predicted molar refractivity (Wildman–Crippen MR) is 92.9 cm³/mol. The Morgan fingerprint density at radius 3 is 2.54 bits per heavy atom. The van der Waals surface area contributed by atoms with E-state index < -0.39 is 22.8 Å². The minimum atomic E-state index is -0.758. The third-order valence-electron chi connectivity index (χ3n) is 3.87. The van der Waals surface area contributed by atoms with E-state index in [2.05, 4.69) is 20.8 Å². The zero-order chi connectivity index (χ0) is 19.4. The van der Waals surface area contributed by atoms with Crippen molar-refractivity contribution in [3.8, 4) is 0 Å². The number of rotatable bonds is 7. The van der Waals surface area contributed by atoms with Crippen LogP contribution in [0.25, 0.3) is 0 Å². The number of nitrogens with one attached hydrogen (secondary N) is 2. The molecule has 1 atom stereocenters. The van der Waals surface area contributed by atoms with Gasteiger partial charge in [0.2, 0.25) is 0 Å². The number of hydrogen-bond acceptors (Lipinski definition) is 6. The molecule has 2 aromatic heterocycles. The third kappa shape index (κ3) is 3.71. The van der Waals surface area contributed by atoms with Gasteiger partial charge >= 0.3 is 5.82 Å². The highest BCUT2D eigenvalue weighted by molar-refractivity contribution is 6.02. The van der Waals surface area contributed by atoms with Crippen molar-refractivity contribution in [1.29, 1.82) is 0 Å². The lowest BCUT2D eigenvalue weighted by atomic mass is 10.2. The second-order valence-electron chi connectivity index (χ2n) is 5.59. The molecule has 2 rings (SSSR count). The van der Waals surface area contributed by atoms with Gasteiger partial charge < -0.3 is 20.7 Å². The maximum atomic E-state index is 12.7. The Hall–Kier alpha value is -3.24. The zero-order valence-electron chi connectivity index (χ0n) is 15.0. The summed E-state index contributed by atoms with van der Waals surface area (Å²) in [6.07, 6.45) is 1.93. The average molecular weight is 363 g/mol. The normalized spacial score (nSPS) is 11.8. The van der Waals surface area contributed by atoms with Crippen molar-refractivity contribution in [2.75, 3.05) is 12.4 Å². The van der Waals surface area contributed by atoms with Crippen LogP contribution in [-0.2, 0) is 11.3 Å². The Morgan fingerprint density at radius 1 is 1.35 bits per heavy atom. The van der Waals surface area contributed by atoms with Crippen LogP contribution in [0, 0.1) is 17.0 Å². The number of carbonyl (C=O) groups excluding carboxylic acids is 2. The highest BCUT2D eigenvalue weighted by Crippen LogP contribution is 2.22. The van der Waals surface area contributed by atoms with E-state index in [1.165, 1.54) is 22.5 Å². The van der Waals surface area contributed by atoms with E-state index in [0.717, 1.165) is 0 Å². The quantitative estimate of drug-likeness (QED) is 0.561. The fourth-order valence-corrected chi connectivity index (χ4v) is 2.52. The molecule has 0 bridgehead atoms. The molecule has 2 N–H and O–H groups in total. The largest absolute Gasteiger partial charge is 0.390 e. The molecule has 26 heavy (non-hydrogen) atoms. The van der Waals surface area contributed by atoms with Crippen LogP contribution in [0.1, 0.15) is 42.5 Å². The summed E-state index contributed by atoms with van der Waals surface area (Å²) < 4.78 is 2.85. The van der Waals surface area contributed by atoms with Crippen LogP contribution >= 0.6 is 0 Å². The van der Waals surface area contributed by atoms with Gasteiger partial charge in [-0.05, 0) is 25.2 Å². The first kappa shape index (κ1) is 19.1. The molecule has 1 unspecified atom stereocenters. The molecule has 2 amide bonds. The number of carbonyl (C=O) groups is 2. The summed E-state index contributed by atoms with van der Waals surface area (Å²) in [6, 6.07) is 0.548. The molecule has 2 heterocycles. The predicted octanol–water partition coefficient (Wildman–Crippen LogP) is 1.27. The number of amides is 2. The van der Waals surface area contributed by atoms with Gasteiger partial charge in [-0.1, -0.05) is 6.92 Å². The van der Waals surface area contributed by atoms with Gasteiger partial charge in [-0.3, -0.25) is 14.3 Å². The molecule has 0 fully saturated rings. The standard InChI is InChI=1S/C15H21N7O4/c1-5-11(21-9(3)7-12(18-21)22(25)26)14(23)17-10-8-20(6-2)19-13(10)15(24)16-4/h7-8,11H,5-6H2,1-4H3,(H,16,24)(H,17,23). The Labute approximate surface area is 149 Å². The molecule has 0 aliphatic carbocycles. The van der Waals surface area contributed by atoms with E-state index in [9.17, 15) is 19.7 Å². The Morgan fingerprint density at radius 2 is 2.04 bits per heavy atom. The SMILES string of the molecule is CCC(C(=O)Nc1cn(CC)nc1C(=O)NC)n1nc([N+](=O)[O-])cc1C. The number of nitrogens with zero attached hydrogens (tertiary/aromatic N) is 5. The molecule has 11 heteroatoms. The van der Waals surface area contributed by atoms with Crippen LogP contribution in [-0.4, -0.2) is 43.3 Å². The van der Waals surface area contributed by atoms with Gasteiger partial charge in [0.05, 0.1) is 22.5 Å². The maximum absolute atomic E-state index is 12.7. The minimum Gasteiger partial charge on any atom is -0.358 e. The van der Waals surface area contributed by atoms with Crippen molar-refractivity contribution in [3.63, 3.8) is 0 Å². The number of aromatic nitrogens is 4. The lowest BCUT2D eigenvalue weighted by Crippen LogP contribution is -2.28. The molecule has 0 aliphatic rings. The second-order valence-corrected chi connectivity index (χ2v) is 5.59. The maximum Gasteiger partial charge on any atom is 0.390 e.